The van der Waals surface area contributed by atoms with E-state index in [1.807, 2.05) is 0 Å². The largest absolute Gasteiger partial charge is 0.480 e. The number of piperidine rings is 1. The van der Waals surface area contributed by atoms with Crippen molar-refractivity contribution in [2.75, 3.05) is 6.54 Å². The molecule has 1 aliphatic heterocycles. The summed E-state index contributed by atoms with van der Waals surface area (Å²) in [5.74, 6) is -1.21. The molecule has 5 nitrogen and oxygen atoms in total. The third-order valence-electron chi connectivity index (χ3n) is 3.26. The predicted octanol–water partition coefficient (Wildman–Crippen LogP) is 0.391. The fourth-order valence-electron chi connectivity index (χ4n) is 2.45. The number of esters is 1. The summed E-state index contributed by atoms with van der Waals surface area (Å²) in [6.07, 6.45) is 0.631. The van der Waals surface area contributed by atoms with Crippen LogP contribution in [0, 0.1) is 11.3 Å². The van der Waals surface area contributed by atoms with Crippen LogP contribution in [0.15, 0.2) is 0 Å². The van der Waals surface area contributed by atoms with E-state index in [9.17, 15) is 9.59 Å². The highest BCUT2D eigenvalue weighted by atomic mass is 16.6. The van der Waals surface area contributed by atoms with Gasteiger partial charge in [-0.05, 0) is 33.1 Å². The first-order chi connectivity index (χ1) is 7.27. The molecule has 2 aliphatic rings. The number of carbonyl (C=O) groups is 2. The number of fused-ring (bicyclic) bond motifs is 1. The molecule has 90 valence electrons. The molecule has 1 aliphatic carbocycles. The number of carbonyl (C=O) groups excluding carboxylic acids is 1. The van der Waals surface area contributed by atoms with Crippen molar-refractivity contribution in [3.63, 3.8) is 0 Å². The summed E-state index contributed by atoms with van der Waals surface area (Å²) in [7, 11) is 0. The fraction of sp³-hybridized carbons (Fsp3) is 0.818. The Morgan fingerprint density at radius 2 is 2.06 bits per heavy atom. The zero-order chi connectivity index (χ0) is 12.1. The second-order valence-electron chi connectivity index (χ2n) is 5.62. The highest BCUT2D eigenvalue weighted by Crippen LogP contribution is 2.59. The first-order valence-electron chi connectivity index (χ1n) is 5.47. The zero-order valence-electron chi connectivity index (χ0n) is 9.74. The summed E-state index contributed by atoms with van der Waals surface area (Å²) >= 11 is 0. The van der Waals surface area contributed by atoms with Crippen LogP contribution in [0.5, 0.6) is 0 Å². The summed E-state index contributed by atoms with van der Waals surface area (Å²) in [5, 5.41) is 11.9. The first-order valence-corrected chi connectivity index (χ1v) is 5.47. The number of aliphatic carboxylic acids is 1. The molecule has 0 spiro atoms. The van der Waals surface area contributed by atoms with Gasteiger partial charge in [0.1, 0.15) is 11.6 Å². The average molecular weight is 227 g/mol. The molecule has 0 aromatic heterocycles. The summed E-state index contributed by atoms with van der Waals surface area (Å²) in [6, 6.07) is -0.785. The molecule has 5 heteroatoms. The van der Waals surface area contributed by atoms with Gasteiger partial charge in [0.2, 0.25) is 0 Å². The van der Waals surface area contributed by atoms with Gasteiger partial charge < -0.3 is 15.2 Å². The van der Waals surface area contributed by atoms with E-state index in [1.54, 1.807) is 20.8 Å². The zero-order valence-corrected chi connectivity index (χ0v) is 9.74. The molecule has 0 bridgehead atoms. The lowest BCUT2D eigenvalue weighted by Gasteiger charge is -2.25. The summed E-state index contributed by atoms with van der Waals surface area (Å²) < 4.78 is 5.30. The Morgan fingerprint density at radius 3 is 2.50 bits per heavy atom. The van der Waals surface area contributed by atoms with Gasteiger partial charge in [-0.2, -0.15) is 0 Å². The topological polar surface area (TPSA) is 75.6 Å². The third kappa shape index (κ3) is 1.59. The van der Waals surface area contributed by atoms with Crippen LogP contribution in [0.4, 0.5) is 0 Å². The van der Waals surface area contributed by atoms with Crippen LogP contribution in [0.25, 0.3) is 0 Å². The lowest BCUT2D eigenvalue weighted by atomic mass is 9.96. The Bertz CT molecular complexity index is 346. The Hall–Kier alpha value is -1.10. The lowest BCUT2D eigenvalue weighted by molar-refractivity contribution is -0.166. The van der Waals surface area contributed by atoms with Crippen LogP contribution in [0.2, 0.25) is 0 Å². The minimum Gasteiger partial charge on any atom is -0.480 e. The predicted molar refractivity (Wildman–Crippen MR) is 55.8 cm³/mol. The Morgan fingerprint density at radius 1 is 1.44 bits per heavy atom. The summed E-state index contributed by atoms with van der Waals surface area (Å²) in [6.45, 7) is 5.96. The van der Waals surface area contributed by atoms with Crippen molar-refractivity contribution in [2.24, 2.45) is 11.3 Å². The minimum absolute atomic E-state index is 0.128. The van der Waals surface area contributed by atoms with Crippen molar-refractivity contribution in [1.82, 2.24) is 5.32 Å². The van der Waals surface area contributed by atoms with E-state index in [0.29, 0.717) is 13.0 Å². The molecule has 16 heavy (non-hydrogen) atoms. The SMILES string of the molecule is CC(C)(C)OC(=O)C12CC1CNC2C(=O)O. The van der Waals surface area contributed by atoms with E-state index in [0.717, 1.165) is 0 Å². The molecular weight excluding hydrogens is 210 g/mol. The molecule has 0 radical (unpaired) electrons. The smallest absolute Gasteiger partial charge is 0.321 e. The second-order valence-corrected chi connectivity index (χ2v) is 5.62. The van der Waals surface area contributed by atoms with Crippen molar-refractivity contribution in [3.05, 3.63) is 0 Å². The van der Waals surface area contributed by atoms with E-state index in [2.05, 4.69) is 5.32 Å². The van der Waals surface area contributed by atoms with Crippen LogP contribution < -0.4 is 5.32 Å². The monoisotopic (exact) mass is 227 g/mol. The number of carboxylic acids is 1. The maximum Gasteiger partial charge on any atom is 0.321 e. The molecule has 0 aromatic carbocycles. The van der Waals surface area contributed by atoms with Crippen LogP contribution in [-0.2, 0) is 14.3 Å². The van der Waals surface area contributed by atoms with Gasteiger partial charge in [0.25, 0.3) is 0 Å². The van der Waals surface area contributed by atoms with Crippen LogP contribution in [0.3, 0.4) is 0 Å². The molecule has 2 rings (SSSR count). The second kappa shape index (κ2) is 3.20. The third-order valence-corrected chi connectivity index (χ3v) is 3.26. The summed E-state index contributed by atoms with van der Waals surface area (Å²) in [4.78, 5) is 23.1. The number of carboxylic acid groups (broad SMARTS) is 1. The van der Waals surface area contributed by atoms with E-state index in [1.165, 1.54) is 0 Å². The van der Waals surface area contributed by atoms with Gasteiger partial charge in [-0.25, -0.2) is 0 Å². The van der Waals surface area contributed by atoms with E-state index in [4.69, 9.17) is 9.84 Å². The highest BCUT2D eigenvalue weighted by Gasteiger charge is 2.71. The molecule has 1 saturated carbocycles. The van der Waals surface area contributed by atoms with Gasteiger partial charge in [0, 0.05) is 6.54 Å². The van der Waals surface area contributed by atoms with Crippen LogP contribution >= 0.6 is 0 Å². The van der Waals surface area contributed by atoms with Crippen molar-refractivity contribution in [2.45, 2.75) is 38.8 Å². The van der Waals surface area contributed by atoms with Gasteiger partial charge in [0.05, 0.1) is 5.41 Å². The molecule has 0 amide bonds. The molecule has 3 unspecified atom stereocenters. The van der Waals surface area contributed by atoms with Crippen molar-refractivity contribution in [1.29, 1.82) is 0 Å². The molecule has 0 aromatic rings. The fourth-order valence-corrected chi connectivity index (χ4v) is 2.45. The first kappa shape index (κ1) is 11.4. The number of hydrogen-bond acceptors (Lipinski definition) is 4. The number of nitrogens with one attached hydrogen (secondary N) is 1. The van der Waals surface area contributed by atoms with Gasteiger partial charge in [-0.3, -0.25) is 9.59 Å². The maximum absolute atomic E-state index is 12.0. The van der Waals surface area contributed by atoms with Gasteiger partial charge in [-0.1, -0.05) is 0 Å². The van der Waals surface area contributed by atoms with Crippen LogP contribution in [0.1, 0.15) is 27.2 Å². The van der Waals surface area contributed by atoms with Crippen molar-refractivity contribution >= 4 is 11.9 Å². The van der Waals surface area contributed by atoms with E-state index < -0.39 is 23.0 Å². The van der Waals surface area contributed by atoms with Crippen molar-refractivity contribution < 1.29 is 19.4 Å². The van der Waals surface area contributed by atoms with Gasteiger partial charge >= 0.3 is 11.9 Å². The van der Waals surface area contributed by atoms with Crippen molar-refractivity contribution in [3.8, 4) is 0 Å². The Labute approximate surface area is 94.2 Å². The highest BCUT2D eigenvalue weighted by molar-refractivity contribution is 5.91. The molecule has 3 atom stereocenters. The number of rotatable bonds is 2. The lowest BCUT2D eigenvalue weighted by Crippen LogP contribution is -2.45. The maximum atomic E-state index is 12.0. The van der Waals surface area contributed by atoms with E-state index >= 15 is 0 Å². The average Bonchev–Trinajstić information content (AvgIpc) is 2.70. The Kier molecular flexibility index (Phi) is 2.28. The number of hydrogen-bond donors (Lipinski definition) is 2. The standard InChI is InChI=1S/C11H17NO4/c1-10(2,3)16-9(15)11-4-6(11)5-12-7(11)8(13)14/h6-7,12H,4-5H2,1-3H3,(H,13,14). The van der Waals surface area contributed by atoms with Gasteiger partial charge in [0.15, 0.2) is 0 Å². The summed E-state index contributed by atoms with van der Waals surface area (Å²) in [5.41, 5.74) is -1.37. The number of ether oxygens (including phenoxy) is 1. The molecule has 1 saturated heterocycles. The molecule has 1 heterocycles. The molecule has 2 N–H and O–H groups in total. The van der Waals surface area contributed by atoms with Crippen LogP contribution in [-0.4, -0.2) is 35.2 Å². The Balaban J connectivity index is 2.14. The quantitative estimate of drug-likeness (QED) is 0.667. The molecule has 2 fully saturated rings. The minimum atomic E-state index is -0.967. The van der Waals surface area contributed by atoms with Gasteiger partial charge in [-0.15, -0.1) is 0 Å². The normalized spacial score (nSPS) is 36.7. The molecular formula is C11H17NO4. The van der Waals surface area contributed by atoms with E-state index in [-0.39, 0.29) is 11.9 Å².